The number of nitrogens with one attached hydrogen (secondary N) is 1. The van der Waals surface area contributed by atoms with Crippen molar-refractivity contribution in [2.75, 3.05) is 13.2 Å². The predicted octanol–water partition coefficient (Wildman–Crippen LogP) is -0.208. The second-order valence-corrected chi connectivity index (χ2v) is 4.41. The molecule has 1 aromatic rings. The number of esters is 2. The van der Waals surface area contributed by atoms with Crippen LogP contribution in [0.15, 0.2) is 25.8 Å². The fourth-order valence-corrected chi connectivity index (χ4v) is 1.58. The van der Waals surface area contributed by atoms with Gasteiger partial charge in [-0.15, -0.1) is 0 Å². The minimum Gasteiger partial charge on any atom is -0.459 e. The number of carbonyl (C=O) groups is 3. The van der Waals surface area contributed by atoms with Crippen molar-refractivity contribution < 1.29 is 37.4 Å². The quantitative estimate of drug-likeness (QED) is 0.428. The summed E-state index contributed by atoms with van der Waals surface area (Å²) in [6.45, 7) is 1.29. The van der Waals surface area contributed by atoms with Crippen molar-refractivity contribution in [3.8, 4) is 0 Å². The Morgan fingerprint density at radius 1 is 1.22 bits per heavy atom. The van der Waals surface area contributed by atoms with Crippen molar-refractivity contribution in [2.24, 2.45) is 0 Å². The van der Waals surface area contributed by atoms with Gasteiger partial charge >= 0.3 is 23.9 Å². The normalized spacial score (nSPS) is 16.9. The van der Waals surface area contributed by atoms with Gasteiger partial charge in [0.15, 0.2) is 24.2 Å². The van der Waals surface area contributed by atoms with Gasteiger partial charge in [0.25, 0.3) is 0 Å². The molecule has 23 heavy (non-hydrogen) atoms. The van der Waals surface area contributed by atoms with E-state index in [0.717, 1.165) is 12.2 Å². The van der Waals surface area contributed by atoms with E-state index in [4.69, 9.17) is 14.2 Å². The van der Waals surface area contributed by atoms with Crippen molar-refractivity contribution in [3.05, 3.63) is 34.3 Å². The molecular weight excluding hydrogens is 314 g/mol. The number of hydrogen-bond donors (Lipinski definition) is 1. The first-order valence-electron chi connectivity index (χ1n) is 6.49. The molecular formula is C13H13NO9. The Morgan fingerprint density at radius 2 is 1.91 bits per heavy atom. The van der Waals surface area contributed by atoms with Gasteiger partial charge in [-0.1, -0.05) is 0 Å². The van der Waals surface area contributed by atoms with Gasteiger partial charge in [0.2, 0.25) is 0 Å². The van der Waals surface area contributed by atoms with Crippen molar-refractivity contribution in [3.63, 3.8) is 0 Å². The Kier molecular flexibility index (Phi) is 5.18. The SMILES string of the molecule is Cc1oc(=O)oc1COC(=O)/C=C/C(=O)OCC1CNC(=O)O1. The van der Waals surface area contributed by atoms with Crippen LogP contribution in [0.25, 0.3) is 0 Å². The zero-order valence-corrected chi connectivity index (χ0v) is 12.0. The molecule has 1 fully saturated rings. The second kappa shape index (κ2) is 7.29. The van der Waals surface area contributed by atoms with Gasteiger partial charge in [-0.05, 0) is 6.92 Å². The number of alkyl carbamates (subject to hydrolysis) is 1. The number of aryl methyl sites for hydroxylation is 1. The van der Waals surface area contributed by atoms with Gasteiger partial charge in [-0.2, -0.15) is 0 Å². The highest BCUT2D eigenvalue weighted by Gasteiger charge is 2.23. The number of carbonyl (C=O) groups excluding carboxylic acids is 3. The average molecular weight is 327 g/mol. The topological polar surface area (TPSA) is 134 Å². The first-order valence-corrected chi connectivity index (χ1v) is 6.49. The van der Waals surface area contributed by atoms with Crippen LogP contribution in [-0.2, 0) is 30.4 Å². The molecule has 0 aromatic carbocycles. The summed E-state index contributed by atoms with van der Waals surface area (Å²) in [5, 5.41) is 2.40. The third-order valence-corrected chi connectivity index (χ3v) is 2.70. The standard InChI is InChI=1S/C13H13NO9/c1-7-9(23-13(18)21-7)6-20-11(16)3-2-10(15)19-5-8-4-14-12(17)22-8/h2-3,8H,4-6H2,1H3,(H,14,17)/b3-2+. The lowest BCUT2D eigenvalue weighted by atomic mass is 10.4. The zero-order valence-electron chi connectivity index (χ0n) is 12.0. The largest absolute Gasteiger partial charge is 0.519 e. The van der Waals surface area contributed by atoms with Crippen molar-refractivity contribution in [1.82, 2.24) is 5.32 Å². The van der Waals surface area contributed by atoms with Crippen molar-refractivity contribution in [1.29, 1.82) is 0 Å². The number of hydrogen-bond acceptors (Lipinski definition) is 9. The molecule has 0 spiro atoms. The minimum atomic E-state index is -0.894. The molecule has 0 bridgehead atoms. The second-order valence-electron chi connectivity index (χ2n) is 4.41. The molecule has 10 nitrogen and oxygen atoms in total. The minimum absolute atomic E-state index is 0.0786. The molecule has 0 radical (unpaired) electrons. The fraction of sp³-hybridized carbons (Fsp3) is 0.385. The molecule has 1 aromatic heterocycles. The number of ether oxygens (including phenoxy) is 3. The molecule has 1 aliphatic rings. The number of cyclic esters (lactones) is 1. The van der Waals surface area contributed by atoms with Crippen LogP contribution in [-0.4, -0.2) is 37.3 Å². The predicted molar refractivity (Wildman–Crippen MR) is 70.1 cm³/mol. The lowest BCUT2D eigenvalue weighted by Gasteiger charge is -2.06. The molecule has 1 unspecified atom stereocenters. The Labute approximate surface area is 129 Å². The molecule has 124 valence electrons. The summed E-state index contributed by atoms with van der Waals surface area (Å²) >= 11 is 0. The summed E-state index contributed by atoms with van der Waals surface area (Å²) in [6, 6.07) is 0. The van der Waals surface area contributed by atoms with Gasteiger partial charge in [-0.25, -0.2) is 19.2 Å². The van der Waals surface area contributed by atoms with Gasteiger partial charge in [0.1, 0.15) is 6.61 Å². The first-order chi connectivity index (χ1) is 10.9. The lowest BCUT2D eigenvalue weighted by molar-refractivity contribution is -0.142. The van der Waals surface area contributed by atoms with E-state index in [2.05, 4.69) is 14.2 Å². The highest BCUT2D eigenvalue weighted by molar-refractivity contribution is 5.91. The van der Waals surface area contributed by atoms with E-state index < -0.39 is 30.0 Å². The van der Waals surface area contributed by atoms with Crippen LogP contribution < -0.4 is 11.1 Å². The van der Waals surface area contributed by atoms with E-state index >= 15 is 0 Å². The van der Waals surface area contributed by atoms with E-state index in [-0.39, 0.29) is 31.3 Å². The van der Waals surface area contributed by atoms with E-state index in [9.17, 15) is 19.2 Å². The van der Waals surface area contributed by atoms with Crippen LogP contribution in [0.4, 0.5) is 4.79 Å². The van der Waals surface area contributed by atoms with Gasteiger partial charge < -0.3 is 28.4 Å². The fourth-order valence-electron chi connectivity index (χ4n) is 1.58. The number of amides is 1. The summed E-state index contributed by atoms with van der Waals surface area (Å²) in [5.41, 5.74) is 0. The average Bonchev–Trinajstić information content (AvgIpc) is 3.06. The Hall–Kier alpha value is -3.04. The Balaban J connectivity index is 1.70. The van der Waals surface area contributed by atoms with E-state index in [1.165, 1.54) is 6.92 Å². The van der Waals surface area contributed by atoms with Gasteiger partial charge in [0, 0.05) is 12.2 Å². The Morgan fingerprint density at radius 3 is 2.48 bits per heavy atom. The van der Waals surface area contributed by atoms with Crippen molar-refractivity contribution in [2.45, 2.75) is 19.6 Å². The molecule has 2 heterocycles. The first kappa shape index (κ1) is 16.3. The van der Waals surface area contributed by atoms with Crippen LogP contribution in [0.2, 0.25) is 0 Å². The molecule has 0 saturated carbocycles. The van der Waals surface area contributed by atoms with Crippen molar-refractivity contribution >= 4 is 18.0 Å². The molecule has 1 amide bonds. The number of rotatable bonds is 6. The summed E-state index contributed by atoms with van der Waals surface area (Å²) in [4.78, 5) is 44.3. The summed E-state index contributed by atoms with van der Waals surface area (Å²) < 4.78 is 23.5. The molecule has 1 aliphatic heterocycles. The molecule has 1 saturated heterocycles. The maximum Gasteiger partial charge on any atom is 0.519 e. The maximum absolute atomic E-state index is 11.4. The molecule has 1 atom stereocenters. The summed E-state index contributed by atoms with van der Waals surface area (Å²) in [6.07, 6.45) is 0.588. The molecule has 1 N–H and O–H groups in total. The van der Waals surface area contributed by atoms with Crippen LogP contribution in [0.5, 0.6) is 0 Å². The lowest BCUT2D eigenvalue weighted by Crippen LogP contribution is -2.21. The van der Waals surface area contributed by atoms with E-state index in [1.54, 1.807) is 0 Å². The van der Waals surface area contributed by atoms with Crippen LogP contribution in [0, 0.1) is 6.92 Å². The van der Waals surface area contributed by atoms with Crippen LogP contribution in [0.1, 0.15) is 11.5 Å². The smallest absolute Gasteiger partial charge is 0.459 e. The summed E-state index contributed by atoms with van der Waals surface area (Å²) in [5.74, 6) is -2.24. The van der Waals surface area contributed by atoms with Crippen LogP contribution in [0.3, 0.4) is 0 Å². The van der Waals surface area contributed by atoms with Crippen LogP contribution >= 0.6 is 0 Å². The van der Waals surface area contributed by atoms with Gasteiger partial charge in [-0.3, -0.25) is 0 Å². The third kappa shape index (κ3) is 5.02. The van der Waals surface area contributed by atoms with Gasteiger partial charge in [0.05, 0.1) is 6.54 Å². The Bertz CT molecular complexity index is 684. The summed E-state index contributed by atoms with van der Waals surface area (Å²) in [7, 11) is 0. The van der Waals surface area contributed by atoms with E-state index in [1.807, 2.05) is 0 Å². The van der Waals surface area contributed by atoms with E-state index in [0.29, 0.717) is 0 Å². The molecule has 2 rings (SSSR count). The third-order valence-electron chi connectivity index (χ3n) is 2.70. The monoisotopic (exact) mass is 327 g/mol. The molecule has 10 heteroatoms. The highest BCUT2D eigenvalue weighted by Crippen LogP contribution is 2.06. The zero-order chi connectivity index (χ0) is 16.8. The highest BCUT2D eigenvalue weighted by atomic mass is 16.6. The molecule has 0 aliphatic carbocycles. The maximum atomic E-state index is 11.4.